The molecule has 0 spiro atoms. The normalized spacial score (nSPS) is 10.3. The number of ether oxygens (including phenoxy) is 1. The van der Waals surface area contributed by atoms with E-state index in [0.29, 0.717) is 12.1 Å². The molecule has 0 saturated carbocycles. The third kappa shape index (κ3) is 4.64. The van der Waals surface area contributed by atoms with E-state index in [1.165, 1.54) is 0 Å². The number of nitrogens with zero attached hydrogens (tertiary/aromatic N) is 2. The summed E-state index contributed by atoms with van der Waals surface area (Å²) in [4.78, 5) is 18.5. The van der Waals surface area contributed by atoms with Crippen LogP contribution in [0, 0.1) is 0 Å². The molecule has 0 bridgehead atoms. The minimum atomic E-state index is -0.0953. The SMILES string of the molecule is COc1ccccc1CCNc1cncc(C(=O)N(C)c2ccccc2)c1. The molecule has 0 aliphatic carbocycles. The summed E-state index contributed by atoms with van der Waals surface area (Å²) >= 11 is 0. The number of hydrogen-bond donors (Lipinski definition) is 1. The van der Waals surface area contributed by atoms with Crippen molar-refractivity contribution in [1.82, 2.24) is 4.98 Å². The summed E-state index contributed by atoms with van der Waals surface area (Å²) in [5.41, 5.74) is 3.34. The van der Waals surface area contributed by atoms with E-state index < -0.39 is 0 Å². The summed E-state index contributed by atoms with van der Waals surface area (Å²) in [5.74, 6) is 0.785. The van der Waals surface area contributed by atoms with Crippen molar-refractivity contribution in [1.29, 1.82) is 0 Å². The maximum atomic E-state index is 12.7. The first-order chi connectivity index (χ1) is 13.2. The molecule has 0 aliphatic heterocycles. The van der Waals surface area contributed by atoms with Gasteiger partial charge in [-0.25, -0.2) is 0 Å². The molecule has 3 rings (SSSR count). The first-order valence-electron chi connectivity index (χ1n) is 8.83. The second-order valence-corrected chi connectivity index (χ2v) is 6.15. The monoisotopic (exact) mass is 361 g/mol. The van der Waals surface area contributed by atoms with Gasteiger partial charge in [0.1, 0.15) is 5.75 Å². The number of para-hydroxylation sites is 2. The molecule has 1 heterocycles. The topological polar surface area (TPSA) is 54.5 Å². The van der Waals surface area contributed by atoms with Crippen LogP contribution >= 0.6 is 0 Å². The number of methoxy groups -OCH3 is 1. The van der Waals surface area contributed by atoms with Crippen LogP contribution in [0.1, 0.15) is 15.9 Å². The number of pyridine rings is 1. The van der Waals surface area contributed by atoms with Crippen LogP contribution in [0.3, 0.4) is 0 Å². The van der Waals surface area contributed by atoms with Gasteiger partial charge in [0.2, 0.25) is 0 Å². The van der Waals surface area contributed by atoms with Crippen molar-refractivity contribution in [2.24, 2.45) is 0 Å². The van der Waals surface area contributed by atoms with Crippen molar-refractivity contribution < 1.29 is 9.53 Å². The average molecular weight is 361 g/mol. The second-order valence-electron chi connectivity index (χ2n) is 6.15. The molecule has 0 aliphatic rings. The molecule has 1 aromatic heterocycles. The Morgan fingerprint density at radius 3 is 2.59 bits per heavy atom. The number of aromatic nitrogens is 1. The molecular formula is C22H23N3O2. The average Bonchev–Trinajstić information content (AvgIpc) is 2.74. The Kier molecular flexibility index (Phi) is 6.05. The van der Waals surface area contributed by atoms with E-state index in [1.807, 2.05) is 60.7 Å². The van der Waals surface area contributed by atoms with E-state index >= 15 is 0 Å². The zero-order valence-corrected chi connectivity index (χ0v) is 15.6. The lowest BCUT2D eigenvalue weighted by molar-refractivity contribution is 0.0992. The number of anilines is 2. The van der Waals surface area contributed by atoms with E-state index in [-0.39, 0.29) is 5.91 Å². The van der Waals surface area contributed by atoms with Crippen molar-refractivity contribution >= 4 is 17.3 Å². The quantitative estimate of drug-likeness (QED) is 0.690. The van der Waals surface area contributed by atoms with Crippen molar-refractivity contribution in [3.05, 3.63) is 84.2 Å². The van der Waals surface area contributed by atoms with Gasteiger partial charge < -0.3 is 15.0 Å². The summed E-state index contributed by atoms with van der Waals surface area (Å²) in [6.45, 7) is 0.716. The molecule has 0 atom stereocenters. The van der Waals surface area contributed by atoms with Gasteiger partial charge in [-0.15, -0.1) is 0 Å². The Morgan fingerprint density at radius 2 is 1.81 bits per heavy atom. The van der Waals surface area contributed by atoms with Crippen molar-refractivity contribution in [3.63, 3.8) is 0 Å². The standard InChI is InChI=1S/C22H23N3O2/c1-25(20-9-4-3-5-10-20)22(26)18-14-19(16-23-15-18)24-13-12-17-8-6-7-11-21(17)27-2/h3-11,14-16,24H,12-13H2,1-2H3. The second kappa shape index (κ2) is 8.85. The highest BCUT2D eigenvalue weighted by Crippen LogP contribution is 2.19. The minimum Gasteiger partial charge on any atom is -0.496 e. The maximum absolute atomic E-state index is 12.7. The number of carbonyl (C=O) groups excluding carboxylic acids is 1. The lowest BCUT2D eigenvalue weighted by Crippen LogP contribution is -2.26. The summed E-state index contributed by atoms with van der Waals surface area (Å²) in [7, 11) is 3.44. The highest BCUT2D eigenvalue weighted by Gasteiger charge is 2.14. The summed E-state index contributed by atoms with van der Waals surface area (Å²) in [5, 5.41) is 3.33. The Bertz CT molecular complexity index is 897. The summed E-state index contributed by atoms with van der Waals surface area (Å²) in [6.07, 6.45) is 4.13. The van der Waals surface area contributed by atoms with Crippen LogP contribution in [-0.2, 0) is 6.42 Å². The van der Waals surface area contributed by atoms with Gasteiger partial charge in [-0.2, -0.15) is 0 Å². The fourth-order valence-corrected chi connectivity index (χ4v) is 2.87. The van der Waals surface area contributed by atoms with Crippen LogP contribution in [0.15, 0.2) is 73.1 Å². The predicted octanol–water partition coefficient (Wildman–Crippen LogP) is 4.02. The molecule has 0 saturated heterocycles. The first kappa shape index (κ1) is 18.5. The number of amides is 1. The van der Waals surface area contributed by atoms with E-state index in [1.54, 1.807) is 31.5 Å². The Hall–Kier alpha value is -3.34. The van der Waals surface area contributed by atoms with Crippen LogP contribution in [0.25, 0.3) is 0 Å². The predicted molar refractivity (Wildman–Crippen MR) is 109 cm³/mol. The first-order valence-corrected chi connectivity index (χ1v) is 8.83. The van der Waals surface area contributed by atoms with Crippen LogP contribution in [0.2, 0.25) is 0 Å². The largest absolute Gasteiger partial charge is 0.496 e. The van der Waals surface area contributed by atoms with E-state index in [4.69, 9.17) is 4.74 Å². The molecular weight excluding hydrogens is 338 g/mol. The van der Waals surface area contributed by atoms with E-state index in [0.717, 1.165) is 29.1 Å². The van der Waals surface area contributed by atoms with E-state index in [2.05, 4.69) is 10.3 Å². The summed E-state index contributed by atoms with van der Waals surface area (Å²) in [6, 6.07) is 19.3. The Morgan fingerprint density at radius 1 is 1.07 bits per heavy atom. The number of nitrogens with one attached hydrogen (secondary N) is 1. The van der Waals surface area contributed by atoms with Gasteiger partial charge in [0.15, 0.2) is 0 Å². The molecule has 27 heavy (non-hydrogen) atoms. The lowest BCUT2D eigenvalue weighted by atomic mass is 10.1. The van der Waals surface area contributed by atoms with Gasteiger partial charge in [-0.3, -0.25) is 9.78 Å². The van der Waals surface area contributed by atoms with Crippen LogP contribution in [0.4, 0.5) is 11.4 Å². The molecule has 0 radical (unpaired) electrons. The third-order valence-corrected chi connectivity index (χ3v) is 4.35. The molecule has 5 nitrogen and oxygen atoms in total. The molecule has 2 aromatic carbocycles. The van der Waals surface area contributed by atoms with Gasteiger partial charge in [0.05, 0.1) is 18.4 Å². The number of benzene rings is 2. The number of hydrogen-bond acceptors (Lipinski definition) is 4. The molecule has 3 aromatic rings. The molecule has 5 heteroatoms. The molecule has 0 unspecified atom stereocenters. The maximum Gasteiger partial charge on any atom is 0.259 e. The number of rotatable bonds is 7. The molecule has 1 amide bonds. The fourth-order valence-electron chi connectivity index (χ4n) is 2.87. The van der Waals surface area contributed by atoms with Gasteiger partial charge in [-0.1, -0.05) is 36.4 Å². The molecule has 138 valence electrons. The zero-order valence-electron chi connectivity index (χ0n) is 15.6. The van der Waals surface area contributed by atoms with Gasteiger partial charge >= 0.3 is 0 Å². The van der Waals surface area contributed by atoms with Gasteiger partial charge in [0, 0.05) is 31.7 Å². The molecule has 0 fully saturated rings. The van der Waals surface area contributed by atoms with Crippen LogP contribution < -0.4 is 15.0 Å². The Labute approximate surface area is 159 Å². The van der Waals surface area contributed by atoms with Gasteiger partial charge in [-0.05, 0) is 36.2 Å². The molecule has 1 N–H and O–H groups in total. The van der Waals surface area contributed by atoms with Gasteiger partial charge in [0.25, 0.3) is 5.91 Å². The smallest absolute Gasteiger partial charge is 0.259 e. The summed E-state index contributed by atoms with van der Waals surface area (Å²) < 4.78 is 5.38. The van der Waals surface area contributed by atoms with Crippen molar-refractivity contribution in [3.8, 4) is 5.75 Å². The fraction of sp³-hybridized carbons (Fsp3) is 0.182. The van der Waals surface area contributed by atoms with Crippen molar-refractivity contribution in [2.45, 2.75) is 6.42 Å². The highest BCUT2D eigenvalue weighted by atomic mass is 16.5. The third-order valence-electron chi connectivity index (χ3n) is 4.35. The zero-order chi connectivity index (χ0) is 19.1. The Balaban J connectivity index is 1.64. The van der Waals surface area contributed by atoms with Crippen LogP contribution in [0.5, 0.6) is 5.75 Å². The van der Waals surface area contributed by atoms with Crippen molar-refractivity contribution in [2.75, 3.05) is 30.9 Å². The minimum absolute atomic E-state index is 0.0953. The van der Waals surface area contributed by atoms with Crippen LogP contribution in [-0.4, -0.2) is 31.6 Å². The highest BCUT2D eigenvalue weighted by molar-refractivity contribution is 6.05. The van der Waals surface area contributed by atoms with E-state index in [9.17, 15) is 4.79 Å². The lowest BCUT2D eigenvalue weighted by Gasteiger charge is -2.17. The number of carbonyl (C=O) groups is 1.